The van der Waals surface area contributed by atoms with E-state index in [1.165, 1.54) is 0 Å². The lowest BCUT2D eigenvalue weighted by Gasteiger charge is -2.15. The Hall–Kier alpha value is -1.32. The van der Waals surface area contributed by atoms with Gasteiger partial charge in [0, 0.05) is 18.5 Å². The fourth-order valence-electron chi connectivity index (χ4n) is 1.66. The lowest BCUT2D eigenvalue weighted by Crippen LogP contribution is -2.34. The second-order valence-electron chi connectivity index (χ2n) is 4.21. The van der Waals surface area contributed by atoms with E-state index >= 15 is 0 Å². The van der Waals surface area contributed by atoms with Crippen LogP contribution in [0.1, 0.15) is 31.4 Å². The molecule has 0 radical (unpaired) electrons. The largest absolute Gasteiger partial charge is 0.353 e. The van der Waals surface area contributed by atoms with Gasteiger partial charge in [-0.25, -0.2) is 0 Å². The second-order valence-corrected chi connectivity index (χ2v) is 4.21. The Labute approximate surface area is 115 Å². The minimum atomic E-state index is -0.243. The number of nitrogens with two attached hydrogens (primary N) is 1. The van der Waals surface area contributed by atoms with Gasteiger partial charge in [0.15, 0.2) is 0 Å². The first-order valence-corrected chi connectivity index (χ1v) is 5.84. The first kappa shape index (κ1) is 16.7. The Morgan fingerprint density at radius 2 is 2.06 bits per heavy atom. The summed E-state index contributed by atoms with van der Waals surface area (Å²) >= 11 is 0. The maximum absolute atomic E-state index is 11.7. The maximum atomic E-state index is 11.7. The lowest BCUT2D eigenvalue weighted by atomic mass is 10.0. The van der Waals surface area contributed by atoms with E-state index in [9.17, 15) is 4.79 Å². The van der Waals surface area contributed by atoms with Gasteiger partial charge < -0.3 is 11.1 Å². The van der Waals surface area contributed by atoms with E-state index in [1.54, 1.807) is 6.08 Å². The van der Waals surface area contributed by atoms with Gasteiger partial charge >= 0.3 is 0 Å². The van der Waals surface area contributed by atoms with Gasteiger partial charge in [0.25, 0.3) is 0 Å². The smallest absolute Gasteiger partial charge is 0.222 e. The summed E-state index contributed by atoms with van der Waals surface area (Å²) in [7, 11) is 0. The topological polar surface area (TPSA) is 55.1 Å². The van der Waals surface area contributed by atoms with Crippen molar-refractivity contribution in [1.82, 2.24) is 5.32 Å². The van der Waals surface area contributed by atoms with Crippen LogP contribution in [0.4, 0.5) is 0 Å². The van der Waals surface area contributed by atoms with Crippen molar-refractivity contribution in [1.29, 1.82) is 0 Å². The van der Waals surface area contributed by atoms with Crippen LogP contribution in [0.3, 0.4) is 0 Å². The van der Waals surface area contributed by atoms with E-state index in [0.29, 0.717) is 6.42 Å². The van der Waals surface area contributed by atoms with Gasteiger partial charge in [-0.15, -0.1) is 19.0 Å². The molecule has 1 amide bonds. The molecule has 2 unspecified atom stereocenters. The number of hydrogen-bond donors (Lipinski definition) is 2. The van der Waals surface area contributed by atoms with Crippen molar-refractivity contribution in [2.24, 2.45) is 5.73 Å². The summed E-state index contributed by atoms with van der Waals surface area (Å²) in [4.78, 5) is 11.7. The number of amides is 1. The molecule has 0 saturated heterocycles. The van der Waals surface area contributed by atoms with Gasteiger partial charge in [0.1, 0.15) is 0 Å². The zero-order valence-corrected chi connectivity index (χ0v) is 11.5. The molecule has 0 heterocycles. The Balaban J connectivity index is 0.00000289. The standard InChI is InChI=1S/C14H20N2O.ClH/c1-3-7-11(2)16-14(17)10-13(15)12-8-5-4-6-9-12;/h3-6,8-9,11,13H,1,7,10,15H2,2H3,(H,16,17);1H. The van der Waals surface area contributed by atoms with E-state index in [4.69, 9.17) is 5.73 Å². The van der Waals surface area contributed by atoms with Gasteiger partial charge in [0.05, 0.1) is 0 Å². The highest BCUT2D eigenvalue weighted by Gasteiger charge is 2.12. The summed E-state index contributed by atoms with van der Waals surface area (Å²) in [5.74, 6) is -0.0179. The molecule has 0 aromatic heterocycles. The molecular formula is C14H21ClN2O. The number of rotatable bonds is 6. The van der Waals surface area contributed by atoms with Crippen molar-refractivity contribution >= 4 is 18.3 Å². The van der Waals surface area contributed by atoms with Crippen molar-refractivity contribution in [3.63, 3.8) is 0 Å². The molecular weight excluding hydrogens is 248 g/mol. The molecule has 1 aromatic rings. The number of halogens is 1. The molecule has 3 N–H and O–H groups in total. The Kier molecular flexibility index (Phi) is 8.08. The second kappa shape index (κ2) is 8.72. The third-order valence-corrected chi connectivity index (χ3v) is 2.56. The van der Waals surface area contributed by atoms with Crippen LogP contribution in [0.25, 0.3) is 0 Å². The molecule has 0 saturated carbocycles. The molecule has 100 valence electrons. The van der Waals surface area contributed by atoms with E-state index < -0.39 is 0 Å². The van der Waals surface area contributed by atoms with Crippen LogP contribution in [0.2, 0.25) is 0 Å². The summed E-state index contributed by atoms with van der Waals surface area (Å²) in [6.07, 6.45) is 2.87. The molecule has 1 rings (SSSR count). The molecule has 0 spiro atoms. The number of hydrogen-bond acceptors (Lipinski definition) is 2. The van der Waals surface area contributed by atoms with Crippen LogP contribution in [-0.4, -0.2) is 11.9 Å². The molecule has 0 aliphatic carbocycles. The first-order valence-electron chi connectivity index (χ1n) is 5.84. The van der Waals surface area contributed by atoms with Crippen molar-refractivity contribution in [3.8, 4) is 0 Å². The molecule has 0 fully saturated rings. The van der Waals surface area contributed by atoms with Gasteiger partial charge in [-0.05, 0) is 18.9 Å². The van der Waals surface area contributed by atoms with Crippen LogP contribution in [0, 0.1) is 0 Å². The molecule has 0 aliphatic rings. The highest BCUT2D eigenvalue weighted by atomic mass is 35.5. The van der Waals surface area contributed by atoms with Crippen LogP contribution in [0.15, 0.2) is 43.0 Å². The Morgan fingerprint density at radius 3 is 2.61 bits per heavy atom. The summed E-state index contributed by atoms with van der Waals surface area (Å²) in [5, 5.41) is 2.89. The molecule has 18 heavy (non-hydrogen) atoms. The zero-order valence-electron chi connectivity index (χ0n) is 10.6. The van der Waals surface area contributed by atoms with Gasteiger partial charge in [0.2, 0.25) is 5.91 Å². The molecule has 0 aliphatic heterocycles. The number of carbonyl (C=O) groups excluding carboxylic acids is 1. The van der Waals surface area contributed by atoms with Crippen molar-refractivity contribution in [2.45, 2.75) is 31.8 Å². The van der Waals surface area contributed by atoms with E-state index in [0.717, 1.165) is 12.0 Å². The molecule has 4 heteroatoms. The molecule has 2 atom stereocenters. The minimum absolute atomic E-state index is 0. The Bertz CT molecular complexity index is 367. The van der Waals surface area contributed by atoms with Crippen LogP contribution < -0.4 is 11.1 Å². The summed E-state index contributed by atoms with van der Waals surface area (Å²) < 4.78 is 0. The number of nitrogens with one attached hydrogen (secondary N) is 1. The quantitative estimate of drug-likeness (QED) is 0.779. The predicted molar refractivity (Wildman–Crippen MR) is 77.7 cm³/mol. The highest BCUT2D eigenvalue weighted by molar-refractivity contribution is 5.85. The zero-order chi connectivity index (χ0) is 12.7. The van der Waals surface area contributed by atoms with Gasteiger partial charge in [-0.2, -0.15) is 0 Å². The average molecular weight is 269 g/mol. The van der Waals surface area contributed by atoms with Crippen molar-refractivity contribution in [2.75, 3.05) is 0 Å². The fourth-order valence-corrected chi connectivity index (χ4v) is 1.66. The van der Waals surface area contributed by atoms with Crippen LogP contribution in [-0.2, 0) is 4.79 Å². The number of benzene rings is 1. The van der Waals surface area contributed by atoms with E-state index in [1.807, 2.05) is 37.3 Å². The molecule has 1 aromatic carbocycles. The summed E-state index contributed by atoms with van der Waals surface area (Å²) in [6.45, 7) is 5.59. The Morgan fingerprint density at radius 1 is 1.44 bits per heavy atom. The van der Waals surface area contributed by atoms with Crippen LogP contribution >= 0.6 is 12.4 Å². The van der Waals surface area contributed by atoms with Crippen molar-refractivity contribution < 1.29 is 4.79 Å². The predicted octanol–water partition coefficient (Wildman–Crippen LogP) is 2.58. The normalized spacial score (nSPS) is 13.0. The summed E-state index contributed by atoms with van der Waals surface area (Å²) in [5.41, 5.74) is 6.95. The van der Waals surface area contributed by atoms with E-state index in [-0.39, 0.29) is 30.4 Å². The van der Waals surface area contributed by atoms with Crippen molar-refractivity contribution in [3.05, 3.63) is 48.6 Å². The first-order chi connectivity index (χ1) is 8.13. The monoisotopic (exact) mass is 268 g/mol. The minimum Gasteiger partial charge on any atom is -0.353 e. The molecule has 0 bridgehead atoms. The van der Waals surface area contributed by atoms with Gasteiger partial charge in [-0.1, -0.05) is 36.4 Å². The third-order valence-electron chi connectivity index (χ3n) is 2.56. The SMILES string of the molecule is C=CCC(C)NC(=O)CC(N)c1ccccc1.Cl. The average Bonchev–Trinajstić information content (AvgIpc) is 2.30. The highest BCUT2D eigenvalue weighted by Crippen LogP contribution is 2.13. The van der Waals surface area contributed by atoms with E-state index in [2.05, 4.69) is 11.9 Å². The van der Waals surface area contributed by atoms with Crippen LogP contribution in [0.5, 0.6) is 0 Å². The third kappa shape index (κ3) is 5.84. The number of carbonyl (C=O) groups is 1. The maximum Gasteiger partial charge on any atom is 0.222 e. The van der Waals surface area contributed by atoms with Gasteiger partial charge in [-0.3, -0.25) is 4.79 Å². The summed E-state index contributed by atoms with van der Waals surface area (Å²) in [6, 6.07) is 9.52. The molecule has 3 nitrogen and oxygen atoms in total. The lowest BCUT2D eigenvalue weighted by molar-refractivity contribution is -0.122. The fraction of sp³-hybridized carbons (Fsp3) is 0.357.